The second-order valence-corrected chi connectivity index (χ2v) is 10.2. The standard InChI is InChI=1S/C31H37N3O6/c1-20(2)6-7-23-18-25(9-11-28(23)39-22(4)35)30(36)33-26-19-24-8-10-27(21(3)29(24)40-31(26)37)38-17-5-14-34-15-12-32-13-16-34/h6,8-11,18-19,32H,5,7,12-17H2,1-4H3,(H,33,36). The van der Waals surface area contributed by atoms with Crippen molar-refractivity contribution in [1.29, 1.82) is 0 Å². The van der Waals surface area contributed by atoms with Gasteiger partial charge in [-0.3, -0.25) is 9.59 Å². The highest BCUT2D eigenvalue weighted by Crippen LogP contribution is 2.28. The fourth-order valence-corrected chi connectivity index (χ4v) is 4.60. The Balaban J connectivity index is 1.47. The average Bonchev–Trinajstić information content (AvgIpc) is 2.92. The van der Waals surface area contributed by atoms with Gasteiger partial charge in [0.2, 0.25) is 0 Å². The zero-order chi connectivity index (χ0) is 28.6. The number of carbonyl (C=O) groups excluding carboxylic acids is 2. The van der Waals surface area contributed by atoms with Crippen molar-refractivity contribution >= 4 is 28.5 Å². The summed E-state index contributed by atoms with van der Waals surface area (Å²) in [6.07, 6.45) is 3.38. The van der Waals surface area contributed by atoms with Gasteiger partial charge < -0.3 is 29.4 Å². The summed E-state index contributed by atoms with van der Waals surface area (Å²) in [5.74, 6) is 0.151. The van der Waals surface area contributed by atoms with Gasteiger partial charge in [0, 0.05) is 56.2 Å². The summed E-state index contributed by atoms with van der Waals surface area (Å²) >= 11 is 0. The maximum Gasteiger partial charge on any atom is 0.360 e. The number of esters is 1. The maximum absolute atomic E-state index is 13.1. The normalized spacial score (nSPS) is 13.6. The zero-order valence-corrected chi connectivity index (χ0v) is 23.6. The Morgan fingerprint density at radius 3 is 2.55 bits per heavy atom. The first-order valence-corrected chi connectivity index (χ1v) is 13.6. The molecule has 0 radical (unpaired) electrons. The Kier molecular flexibility index (Phi) is 9.74. The van der Waals surface area contributed by atoms with Crippen molar-refractivity contribution in [2.45, 2.75) is 40.5 Å². The molecule has 4 rings (SSSR count). The Morgan fingerprint density at radius 2 is 1.82 bits per heavy atom. The Hall–Kier alpha value is -3.95. The fourth-order valence-electron chi connectivity index (χ4n) is 4.60. The second-order valence-electron chi connectivity index (χ2n) is 10.2. The number of nitrogens with zero attached hydrogens (tertiary/aromatic N) is 1. The minimum atomic E-state index is -0.652. The van der Waals surface area contributed by atoms with Crippen LogP contribution >= 0.6 is 0 Å². The van der Waals surface area contributed by atoms with E-state index in [1.54, 1.807) is 24.3 Å². The van der Waals surface area contributed by atoms with Crippen LogP contribution in [0.1, 0.15) is 48.7 Å². The molecule has 1 aliphatic heterocycles. The van der Waals surface area contributed by atoms with Crippen LogP contribution in [0.4, 0.5) is 5.69 Å². The third-order valence-corrected chi connectivity index (χ3v) is 6.74. The number of aryl methyl sites for hydroxylation is 1. The molecule has 0 spiro atoms. The van der Waals surface area contributed by atoms with E-state index in [4.69, 9.17) is 13.9 Å². The summed E-state index contributed by atoms with van der Waals surface area (Å²) in [6.45, 7) is 12.8. The van der Waals surface area contributed by atoms with Crippen LogP contribution in [0.3, 0.4) is 0 Å². The van der Waals surface area contributed by atoms with Crippen molar-refractivity contribution in [1.82, 2.24) is 10.2 Å². The first-order chi connectivity index (χ1) is 19.2. The van der Waals surface area contributed by atoms with Crippen molar-refractivity contribution in [3.63, 3.8) is 0 Å². The van der Waals surface area contributed by atoms with E-state index in [9.17, 15) is 14.4 Å². The van der Waals surface area contributed by atoms with Crippen LogP contribution in [-0.2, 0) is 11.2 Å². The molecule has 2 heterocycles. The molecule has 212 valence electrons. The van der Waals surface area contributed by atoms with E-state index in [1.807, 2.05) is 39.0 Å². The molecule has 3 aromatic rings. The molecule has 9 heteroatoms. The third kappa shape index (κ3) is 7.58. The third-order valence-electron chi connectivity index (χ3n) is 6.74. The molecule has 9 nitrogen and oxygen atoms in total. The number of rotatable bonds is 10. The van der Waals surface area contributed by atoms with Crippen LogP contribution in [0.5, 0.6) is 11.5 Å². The Bertz CT molecular complexity index is 1470. The predicted molar refractivity (Wildman–Crippen MR) is 155 cm³/mol. The van der Waals surface area contributed by atoms with Crippen LogP contribution in [-0.4, -0.2) is 56.1 Å². The first kappa shape index (κ1) is 29.0. The summed E-state index contributed by atoms with van der Waals surface area (Å²) in [5, 5.41) is 6.70. The van der Waals surface area contributed by atoms with Gasteiger partial charge in [-0.05, 0) is 75.6 Å². The van der Waals surface area contributed by atoms with Crippen molar-refractivity contribution in [2.75, 3.05) is 44.6 Å². The summed E-state index contributed by atoms with van der Waals surface area (Å²) < 4.78 is 16.9. The monoisotopic (exact) mass is 547 g/mol. The molecule has 0 unspecified atom stereocenters. The van der Waals surface area contributed by atoms with Crippen LogP contribution in [0.15, 0.2) is 57.3 Å². The Labute approximate surface area is 234 Å². The van der Waals surface area contributed by atoms with Gasteiger partial charge in [-0.15, -0.1) is 0 Å². The molecule has 0 saturated carbocycles. The summed E-state index contributed by atoms with van der Waals surface area (Å²) in [4.78, 5) is 39.8. The number of carbonyl (C=O) groups is 2. The van der Waals surface area contributed by atoms with E-state index in [1.165, 1.54) is 6.92 Å². The van der Waals surface area contributed by atoms with E-state index in [0.717, 1.165) is 50.3 Å². The molecule has 40 heavy (non-hydrogen) atoms. The van der Waals surface area contributed by atoms with Crippen molar-refractivity contribution in [3.05, 3.63) is 75.2 Å². The lowest BCUT2D eigenvalue weighted by atomic mass is 10.0. The van der Waals surface area contributed by atoms with Gasteiger partial charge in [-0.25, -0.2) is 4.79 Å². The number of hydrogen-bond donors (Lipinski definition) is 2. The van der Waals surface area contributed by atoms with Crippen LogP contribution in [0, 0.1) is 6.92 Å². The van der Waals surface area contributed by atoms with Crippen molar-refractivity contribution < 1.29 is 23.5 Å². The number of amides is 1. The molecule has 0 aliphatic carbocycles. The van der Waals surface area contributed by atoms with Crippen molar-refractivity contribution in [3.8, 4) is 11.5 Å². The van der Waals surface area contributed by atoms with Gasteiger partial charge in [0.05, 0.1) is 6.61 Å². The van der Waals surface area contributed by atoms with Gasteiger partial charge in [-0.1, -0.05) is 11.6 Å². The Morgan fingerprint density at radius 1 is 1.07 bits per heavy atom. The highest BCUT2D eigenvalue weighted by molar-refractivity contribution is 6.05. The molecule has 1 fully saturated rings. The van der Waals surface area contributed by atoms with Crippen LogP contribution < -0.4 is 25.7 Å². The molecule has 2 N–H and O–H groups in total. The summed E-state index contributed by atoms with van der Waals surface area (Å²) in [7, 11) is 0. The second kappa shape index (κ2) is 13.4. The smallest absolute Gasteiger partial charge is 0.360 e. The topological polar surface area (TPSA) is 110 Å². The minimum Gasteiger partial charge on any atom is -0.493 e. The van der Waals surface area contributed by atoms with Gasteiger partial charge in [0.15, 0.2) is 0 Å². The predicted octanol–water partition coefficient (Wildman–Crippen LogP) is 4.46. The number of fused-ring (bicyclic) bond motifs is 1. The summed E-state index contributed by atoms with van der Waals surface area (Å²) in [5.41, 5.74) is 2.66. The molecule has 1 aliphatic rings. The number of ether oxygens (including phenoxy) is 2. The van der Waals surface area contributed by atoms with Crippen LogP contribution in [0.25, 0.3) is 11.0 Å². The molecule has 0 atom stereocenters. The molecule has 1 aromatic heterocycles. The highest BCUT2D eigenvalue weighted by Gasteiger charge is 2.16. The molecular formula is C31H37N3O6. The van der Waals surface area contributed by atoms with Gasteiger partial charge >= 0.3 is 11.6 Å². The summed E-state index contributed by atoms with van der Waals surface area (Å²) in [6, 6.07) is 10.1. The molecular weight excluding hydrogens is 510 g/mol. The van der Waals surface area contributed by atoms with Crippen LogP contribution in [0.2, 0.25) is 0 Å². The number of benzene rings is 2. The SMILES string of the molecule is CC(=O)Oc1ccc(C(=O)Nc2cc3ccc(OCCCN4CCNCC4)c(C)c3oc2=O)cc1CC=C(C)C. The van der Waals surface area contributed by atoms with Gasteiger partial charge in [0.1, 0.15) is 22.8 Å². The fraction of sp³-hybridized carbons (Fsp3) is 0.387. The van der Waals surface area contributed by atoms with E-state index in [2.05, 4.69) is 15.5 Å². The number of hydrogen-bond acceptors (Lipinski definition) is 8. The molecule has 1 amide bonds. The van der Waals surface area contributed by atoms with E-state index in [-0.39, 0.29) is 5.69 Å². The molecule has 2 aromatic carbocycles. The number of piperazine rings is 1. The lowest BCUT2D eigenvalue weighted by molar-refractivity contribution is -0.131. The minimum absolute atomic E-state index is 0.0384. The quantitative estimate of drug-likeness (QED) is 0.126. The molecule has 0 bridgehead atoms. The van der Waals surface area contributed by atoms with Gasteiger partial charge in [-0.2, -0.15) is 0 Å². The zero-order valence-electron chi connectivity index (χ0n) is 23.6. The average molecular weight is 548 g/mol. The van der Waals surface area contributed by atoms with E-state index < -0.39 is 17.5 Å². The number of anilines is 1. The number of allylic oxidation sites excluding steroid dienone is 2. The largest absolute Gasteiger partial charge is 0.493 e. The highest BCUT2D eigenvalue weighted by atomic mass is 16.5. The maximum atomic E-state index is 13.1. The van der Waals surface area contributed by atoms with E-state index in [0.29, 0.717) is 46.6 Å². The van der Waals surface area contributed by atoms with Gasteiger partial charge in [0.25, 0.3) is 5.91 Å². The lowest BCUT2D eigenvalue weighted by Crippen LogP contribution is -2.43. The first-order valence-electron chi connectivity index (χ1n) is 13.6. The lowest BCUT2D eigenvalue weighted by Gasteiger charge is -2.27. The van der Waals surface area contributed by atoms with E-state index >= 15 is 0 Å². The number of nitrogens with one attached hydrogen (secondary N) is 2. The van der Waals surface area contributed by atoms with Crippen molar-refractivity contribution in [2.24, 2.45) is 0 Å². The molecule has 1 saturated heterocycles.